The number of benzene rings is 1. The molecule has 2 heteroatoms. The Hall–Kier alpha value is -0.630. The molecule has 1 nitrogen and oxygen atoms in total. The first-order chi connectivity index (χ1) is 8.74. The highest BCUT2D eigenvalue weighted by molar-refractivity contribution is 9.10. The third-order valence-corrected chi connectivity index (χ3v) is 3.65. The van der Waals surface area contributed by atoms with Crippen molar-refractivity contribution in [1.82, 2.24) is 0 Å². The summed E-state index contributed by atoms with van der Waals surface area (Å²) in [7, 11) is 0. The van der Waals surface area contributed by atoms with Crippen molar-refractivity contribution in [2.75, 3.05) is 0 Å². The zero-order valence-corrected chi connectivity index (χ0v) is 12.8. The van der Waals surface area contributed by atoms with E-state index < -0.39 is 0 Å². The summed E-state index contributed by atoms with van der Waals surface area (Å²) in [4.78, 5) is 11.9. The fourth-order valence-corrected chi connectivity index (χ4v) is 2.45. The smallest absolute Gasteiger partial charge is 0.162 e. The van der Waals surface area contributed by atoms with Crippen LogP contribution in [0.4, 0.5) is 0 Å². The minimum Gasteiger partial charge on any atom is -0.294 e. The molecule has 0 aromatic heterocycles. The van der Waals surface area contributed by atoms with Gasteiger partial charge in [-0.1, -0.05) is 73.5 Å². The second-order valence-corrected chi connectivity index (χ2v) is 5.72. The summed E-state index contributed by atoms with van der Waals surface area (Å²) < 4.78 is 0.980. The standard InChI is InChI=1S/C16H23BrO/c1-2-3-4-5-6-7-8-12-16(18)14-10-9-11-15(17)13-14/h9-11,13H,2-8,12H2,1H3. The lowest BCUT2D eigenvalue weighted by Gasteiger charge is -2.02. The van der Waals surface area contributed by atoms with Crippen molar-refractivity contribution >= 4 is 21.7 Å². The van der Waals surface area contributed by atoms with Gasteiger partial charge in [-0.05, 0) is 18.6 Å². The van der Waals surface area contributed by atoms with Gasteiger partial charge in [0, 0.05) is 16.5 Å². The Morgan fingerprint density at radius 1 is 1.06 bits per heavy atom. The Bertz CT molecular complexity index is 360. The number of ketones is 1. The van der Waals surface area contributed by atoms with E-state index in [-0.39, 0.29) is 5.78 Å². The predicted molar refractivity (Wildman–Crippen MR) is 81.1 cm³/mol. The normalized spacial score (nSPS) is 10.6. The molecule has 18 heavy (non-hydrogen) atoms. The summed E-state index contributed by atoms with van der Waals surface area (Å²) in [5.41, 5.74) is 0.829. The maximum atomic E-state index is 11.9. The van der Waals surface area contributed by atoms with Gasteiger partial charge in [0.1, 0.15) is 0 Å². The van der Waals surface area contributed by atoms with Crippen molar-refractivity contribution < 1.29 is 4.79 Å². The SMILES string of the molecule is CCCCCCCCCC(=O)c1cccc(Br)c1. The van der Waals surface area contributed by atoms with Gasteiger partial charge in [-0.15, -0.1) is 0 Å². The van der Waals surface area contributed by atoms with Crippen LogP contribution in [0.15, 0.2) is 28.7 Å². The molecule has 1 aromatic carbocycles. The Morgan fingerprint density at radius 2 is 1.72 bits per heavy atom. The zero-order valence-electron chi connectivity index (χ0n) is 11.3. The topological polar surface area (TPSA) is 17.1 Å². The summed E-state index contributed by atoms with van der Waals surface area (Å²) in [5, 5.41) is 0. The van der Waals surface area contributed by atoms with Crippen molar-refractivity contribution in [3.05, 3.63) is 34.3 Å². The Kier molecular flexibility index (Phi) is 7.99. The average molecular weight is 311 g/mol. The molecule has 0 aliphatic heterocycles. The monoisotopic (exact) mass is 310 g/mol. The molecule has 0 aliphatic rings. The van der Waals surface area contributed by atoms with Gasteiger partial charge in [0.25, 0.3) is 0 Å². The molecule has 0 radical (unpaired) electrons. The molecule has 0 spiro atoms. The largest absolute Gasteiger partial charge is 0.294 e. The number of Topliss-reactive ketones (excluding diaryl/α,β-unsaturated/α-hetero) is 1. The van der Waals surface area contributed by atoms with Crippen molar-refractivity contribution in [3.8, 4) is 0 Å². The van der Waals surface area contributed by atoms with E-state index >= 15 is 0 Å². The van der Waals surface area contributed by atoms with Crippen LogP contribution in [-0.4, -0.2) is 5.78 Å². The predicted octanol–water partition coefficient (Wildman–Crippen LogP) is 5.77. The second kappa shape index (κ2) is 9.32. The number of hydrogen-bond donors (Lipinski definition) is 0. The molecule has 0 fully saturated rings. The van der Waals surface area contributed by atoms with E-state index in [9.17, 15) is 4.79 Å². The molecule has 0 unspecified atom stereocenters. The van der Waals surface area contributed by atoms with E-state index in [1.54, 1.807) is 0 Å². The molecule has 1 aromatic rings. The third kappa shape index (κ3) is 6.34. The van der Waals surface area contributed by atoms with Gasteiger partial charge in [-0.2, -0.15) is 0 Å². The van der Waals surface area contributed by atoms with Gasteiger partial charge in [-0.3, -0.25) is 4.79 Å². The summed E-state index contributed by atoms with van der Waals surface area (Å²) in [6.07, 6.45) is 9.46. The number of rotatable bonds is 9. The van der Waals surface area contributed by atoms with E-state index in [1.165, 1.54) is 38.5 Å². The molecular formula is C16H23BrO. The van der Waals surface area contributed by atoms with Gasteiger partial charge in [-0.25, -0.2) is 0 Å². The van der Waals surface area contributed by atoms with Crippen molar-refractivity contribution in [2.45, 2.75) is 58.3 Å². The average Bonchev–Trinajstić information content (AvgIpc) is 2.37. The van der Waals surface area contributed by atoms with Gasteiger partial charge in [0.15, 0.2) is 5.78 Å². The maximum absolute atomic E-state index is 11.9. The number of unbranched alkanes of at least 4 members (excludes halogenated alkanes) is 6. The number of halogens is 1. The summed E-state index contributed by atoms with van der Waals surface area (Å²) >= 11 is 3.40. The van der Waals surface area contributed by atoms with Gasteiger partial charge in [0.2, 0.25) is 0 Å². The molecule has 0 amide bonds. The molecule has 0 heterocycles. The lowest BCUT2D eigenvalue weighted by Crippen LogP contribution is -1.98. The van der Waals surface area contributed by atoms with Crippen LogP contribution >= 0.6 is 15.9 Å². The van der Waals surface area contributed by atoms with E-state index in [0.29, 0.717) is 6.42 Å². The van der Waals surface area contributed by atoms with Crippen molar-refractivity contribution in [1.29, 1.82) is 0 Å². The van der Waals surface area contributed by atoms with Crippen LogP contribution in [0, 0.1) is 0 Å². The lowest BCUT2D eigenvalue weighted by molar-refractivity contribution is 0.0979. The van der Waals surface area contributed by atoms with Crippen LogP contribution in [0.3, 0.4) is 0 Å². The lowest BCUT2D eigenvalue weighted by atomic mass is 10.0. The first kappa shape index (κ1) is 15.4. The van der Waals surface area contributed by atoms with Crippen LogP contribution in [0.1, 0.15) is 68.6 Å². The van der Waals surface area contributed by atoms with Crippen molar-refractivity contribution in [2.24, 2.45) is 0 Å². The second-order valence-electron chi connectivity index (χ2n) is 4.80. The fraction of sp³-hybridized carbons (Fsp3) is 0.562. The molecule has 0 N–H and O–H groups in total. The molecular weight excluding hydrogens is 288 g/mol. The van der Waals surface area contributed by atoms with E-state index in [4.69, 9.17) is 0 Å². The summed E-state index contributed by atoms with van der Waals surface area (Å²) in [5.74, 6) is 0.268. The number of hydrogen-bond acceptors (Lipinski definition) is 1. The molecule has 0 bridgehead atoms. The van der Waals surface area contributed by atoms with Crippen LogP contribution < -0.4 is 0 Å². The molecule has 0 saturated heterocycles. The first-order valence-corrected chi connectivity index (χ1v) is 7.82. The van der Waals surface area contributed by atoms with E-state index in [0.717, 1.165) is 16.5 Å². The fourth-order valence-electron chi connectivity index (χ4n) is 2.05. The Morgan fingerprint density at radius 3 is 2.39 bits per heavy atom. The van der Waals surface area contributed by atoms with Crippen LogP contribution in [-0.2, 0) is 0 Å². The summed E-state index contributed by atoms with van der Waals surface area (Å²) in [6.45, 7) is 2.23. The van der Waals surface area contributed by atoms with Crippen molar-refractivity contribution in [3.63, 3.8) is 0 Å². The van der Waals surface area contributed by atoms with E-state index in [1.807, 2.05) is 24.3 Å². The highest BCUT2D eigenvalue weighted by Gasteiger charge is 2.05. The van der Waals surface area contributed by atoms with Gasteiger partial charge < -0.3 is 0 Å². The minimum atomic E-state index is 0.268. The zero-order chi connectivity index (χ0) is 13.2. The number of carbonyl (C=O) groups excluding carboxylic acids is 1. The van der Waals surface area contributed by atoms with Gasteiger partial charge in [0.05, 0.1) is 0 Å². The highest BCUT2D eigenvalue weighted by atomic mass is 79.9. The third-order valence-electron chi connectivity index (χ3n) is 3.15. The van der Waals surface area contributed by atoms with Crippen LogP contribution in [0.2, 0.25) is 0 Å². The van der Waals surface area contributed by atoms with Crippen LogP contribution in [0.5, 0.6) is 0 Å². The Balaban J connectivity index is 2.14. The quantitative estimate of drug-likeness (QED) is 0.418. The van der Waals surface area contributed by atoms with Gasteiger partial charge >= 0.3 is 0 Å². The molecule has 0 saturated carbocycles. The molecule has 0 aliphatic carbocycles. The Labute approximate surface area is 119 Å². The minimum absolute atomic E-state index is 0.268. The first-order valence-electron chi connectivity index (χ1n) is 7.03. The highest BCUT2D eigenvalue weighted by Crippen LogP contribution is 2.15. The number of carbonyl (C=O) groups is 1. The van der Waals surface area contributed by atoms with Crippen LogP contribution in [0.25, 0.3) is 0 Å². The van der Waals surface area contributed by atoms with E-state index in [2.05, 4.69) is 22.9 Å². The summed E-state index contributed by atoms with van der Waals surface area (Å²) in [6, 6.07) is 7.67. The maximum Gasteiger partial charge on any atom is 0.162 e. The molecule has 100 valence electrons. The molecule has 1 rings (SSSR count). The molecule has 0 atom stereocenters.